The maximum absolute atomic E-state index is 5.66. The Morgan fingerprint density at radius 2 is 2.00 bits per heavy atom. The van der Waals surface area contributed by atoms with Crippen molar-refractivity contribution in [1.29, 1.82) is 0 Å². The standard InChI is InChI=1S/C14H19N3OS/c1-3-17(10-13-8-16-14(15)19-13)9-11-4-6-12(18-2)7-5-11/h4-8H,3,9-10H2,1-2H3,(H2,15,16). The molecule has 2 N–H and O–H groups in total. The van der Waals surface area contributed by atoms with Gasteiger partial charge in [0.15, 0.2) is 5.13 Å². The minimum Gasteiger partial charge on any atom is -0.497 e. The van der Waals surface area contributed by atoms with E-state index in [1.165, 1.54) is 10.4 Å². The van der Waals surface area contributed by atoms with Gasteiger partial charge in [-0.1, -0.05) is 19.1 Å². The second-order valence-corrected chi connectivity index (χ2v) is 5.46. The zero-order chi connectivity index (χ0) is 13.7. The fourth-order valence-electron chi connectivity index (χ4n) is 1.88. The molecule has 4 nitrogen and oxygen atoms in total. The van der Waals surface area contributed by atoms with Gasteiger partial charge in [-0.05, 0) is 24.2 Å². The number of nitrogens with zero attached hydrogens (tertiary/aromatic N) is 2. The van der Waals surface area contributed by atoms with Crippen LogP contribution in [0.3, 0.4) is 0 Å². The van der Waals surface area contributed by atoms with Crippen LogP contribution in [0.25, 0.3) is 0 Å². The molecule has 0 saturated carbocycles. The number of anilines is 1. The molecule has 0 bridgehead atoms. The third kappa shape index (κ3) is 3.94. The highest BCUT2D eigenvalue weighted by molar-refractivity contribution is 7.15. The molecule has 2 rings (SSSR count). The molecule has 0 radical (unpaired) electrons. The Bertz CT molecular complexity index is 510. The average molecular weight is 277 g/mol. The summed E-state index contributed by atoms with van der Waals surface area (Å²) < 4.78 is 5.16. The van der Waals surface area contributed by atoms with Gasteiger partial charge in [0.25, 0.3) is 0 Å². The largest absolute Gasteiger partial charge is 0.497 e. The van der Waals surface area contributed by atoms with Gasteiger partial charge in [0.1, 0.15) is 5.75 Å². The lowest BCUT2D eigenvalue weighted by Crippen LogP contribution is -2.21. The number of ether oxygens (including phenoxy) is 1. The van der Waals surface area contributed by atoms with Gasteiger partial charge in [-0.2, -0.15) is 0 Å². The van der Waals surface area contributed by atoms with Gasteiger partial charge in [0.05, 0.1) is 7.11 Å². The number of hydrogen-bond acceptors (Lipinski definition) is 5. The normalized spacial score (nSPS) is 10.9. The Labute approximate surface area is 117 Å². The summed E-state index contributed by atoms with van der Waals surface area (Å²) >= 11 is 1.55. The Morgan fingerprint density at radius 1 is 1.26 bits per heavy atom. The van der Waals surface area contributed by atoms with E-state index in [0.29, 0.717) is 5.13 Å². The van der Waals surface area contributed by atoms with Gasteiger partial charge in [0.2, 0.25) is 0 Å². The molecule has 0 aliphatic heterocycles. The van der Waals surface area contributed by atoms with Gasteiger partial charge in [-0.3, -0.25) is 4.90 Å². The molecule has 1 aromatic carbocycles. The minimum atomic E-state index is 0.635. The number of hydrogen-bond donors (Lipinski definition) is 1. The average Bonchev–Trinajstić information content (AvgIpc) is 2.84. The van der Waals surface area contributed by atoms with Crippen molar-refractivity contribution in [3.63, 3.8) is 0 Å². The number of nitrogen functional groups attached to an aromatic ring is 1. The van der Waals surface area contributed by atoms with Crippen LogP contribution in [0.1, 0.15) is 17.4 Å². The maximum atomic E-state index is 5.66. The summed E-state index contributed by atoms with van der Waals surface area (Å²) in [6.45, 7) is 4.95. The van der Waals surface area contributed by atoms with E-state index in [0.717, 1.165) is 25.4 Å². The van der Waals surface area contributed by atoms with Crippen molar-refractivity contribution in [3.05, 3.63) is 40.9 Å². The quantitative estimate of drug-likeness (QED) is 0.882. The highest BCUT2D eigenvalue weighted by Gasteiger charge is 2.07. The van der Waals surface area contributed by atoms with Crippen molar-refractivity contribution in [3.8, 4) is 5.75 Å². The number of nitrogens with two attached hydrogens (primary N) is 1. The van der Waals surface area contributed by atoms with E-state index < -0.39 is 0 Å². The van der Waals surface area contributed by atoms with Crippen LogP contribution in [-0.4, -0.2) is 23.5 Å². The van der Waals surface area contributed by atoms with Crippen LogP contribution in [0.2, 0.25) is 0 Å². The molecule has 0 aliphatic rings. The molecule has 1 aromatic heterocycles. The molecule has 102 valence electrons. The smallest absolute Gasteiger partial charge is 0.180 e. The van der Waals surface area contributed by atoms with Crippen LogP contribution in [0.5, 0.6) is 5.75 Å². The van der Waals surface area contributed by atoms with Gasteiger partial charge in [0, 0.05) is 24.2 Å². The highest BCUT2D eigenvalue weighted by atomic mass is 32.1. The first kappa shape index (κ1) is 13.8. The molecule has 19 heavy (non-hydrogen) atoms. The van der Waals surface area contributed by atoms with Gasteiger partial charge < -0.3 is 10.5 Å². The molecule has 0 atom stereocenters. The molecule has 0 fully saturated rings. The Morgan fingerprint density at radius 3 is 2.53 bits per heavy atom. The molecule has 0 saturated heterocycles. The number of aromatic nitrogens is 1. The number of methoxy groups -OCH3 is 1. The second kappa shape index (κ2) is 6.54. The second-order valence-electron chi connectivity index (χ2n) is 4.32. The van der Waals surface area contributed by atoms with E-state index >= 15 is 0 Å². The molecule has 5 heteroatoms. The van der Waals surface area contributed by atoms with E-state index in [9.17, 15) is 0 Å². The predicted octanol–water partition coefficient (Wildman–Crippen LogP) is 2.76. The maximum Gasteiger partial charge on any atom is 0.180 e. The van der Waals surface area contributed by atoms with Crippen molar-refractivity contribution in [2.45, 2.75) is 20.0 Å². The highest BCUT2D eigenvalue weighted by Crippen LogP contribution is 2.18. The summed E-state index contributed by atoms with van der Waals surface area (Å²) in [7, 11) is 1.68. The third-order valence-corrected chi connectivity index (χ3v) is 3.77. The molecule has 0 unspecified atom stereocenters. The van der Waals surface area contributed by atoms with Gasteiger partial charge in [-0.25, -0.2) is 4.98 Å². The summed E-state index contributed by atoms with van der Waals surface area (Å²) in [5, 5.41) is 0.635. The van der Waals surface area contributed by atoms with E-state index in [1.54, 1.807) is 18.4 Å². The topological polar surface area (TPSA) is 51.4 Å². The summed E-state index contributed by atoms with van der Waals surface area (Å²) in [5.41, 5.74) is 6.93. The fraction of sp³-hybridized carbons (Fsp3) is 0.357. The van der Waals surface area contributed by atoms with Crippen molar-refractivity contribution in [2.24, 2.45) is 0 Å². The summed E-state index contributed by atoms with van der Waals surface area (Å²) in [5.74, 6) is 0.891. The first-order chi connectivity index (χ1) is 9.21. The first-order valence-electron chi connectivity index (χ1n) is 6.26. The number of rotatable bonds is 6. The lowest BCUT2D eigenvalue weighted by atomic mass is 10.2. The Hall–Kier alpha value is -1.59. The molecule has 0 aliphatic carbocycles. The molecular formula is C14H19N3OS. The van der Waals surface area contributed by atoms with Crippen molar-refractivity contribution in [1.82, 2.24) is 9.88 Å². The Kier molecular flexibility index (Phi) is 4.76. The van der Waals surface area contributed by atoms with Crippen LogP contribution < -0.4 is 10.5 Å². The van der Waals surface area contributed by atoms with Crippen molar-refractivity contribution < 1.29 is 4.74 Å². The van der Waals surface area contributed by atoms with Crippen LogP contribution in [0.4, 0.5) is 5.13 Å². The lowest BCUT2D eigenvalue weighted by Gasteiger charge is -2.19. The minimum absolute atomic E-state index is 0.635. The number of benzene rings is 1. The summed E-state index contributed by atoms with van der Waals surface area (Å²) in [6.07, 6.45) is 1.86. The van der Waals surface area contributed by atoms with Gasteiger partial charge in [-0.15, -0.1) is 11.3 Å². The predicted molar refractivity (Wildman–Crippen MR) is 79.3 cm³/mol. The first-order valence-corrected chi connectivity index (χ1v) is 7.08. The SMILES string of the molecule is CCN(Cc1ccc(OC)cc1)Cc1cnc(N)s1. The lowest BCUT2D eigenvalue weighted by molar-refractivity contribution is 0.273. The third-order valence-electron chi connectivity index (χ3n) is 2.96. The fourth-order valence-corrected chi connectivity index (χ4v) is 2.61. The molecular weight excluding hydrogens is 258 g/mol. The molecule has 0 spiro atoms. The van der Waals surface area contributed by atoms with E-state index in [4.69, 9.17) is 10.5 Å². The summed E-state index contributed by atoms with van der Waals surface area (Å²) in [4.78, 5) is 7.64. The zero-order valence-corrected chi connectivity index (χ0v) is 12.1. The van der Waals surface area contributed by atoms with E-state index in [-0.39, 0.29) is 0 Å². The Balaban J connectivity index is 1.97. The monoisotopic (exact) mass is 277 g/mol. The summed E-state index contributed by atoms with van der Waals surface area (Å²) in [6, 6.07) is 8.19. The van der Waals surface area contributed by atoms with Crippen LogP contribution in [0, 0.1) is 0 Å². The van der Waals surface area contributed by atoms with Crippen molar-refractivity contribution >= 4 is 16.5 Å². The van der Waals surface area contributed by atoms with E-state index in [1.807, 2.05) is 18.3 Å². The molecule has 1 heterocycles. The molecule has 0 amide bonds. The van der Waals surface area contributed by atoms with Crippen molar-refractivity contribution in [2.75, 3.05) is 19.4 Å². The van der Waals surface area contributed by atoms with Crippen LogP contribution in [0.15, 0.2) is 30.5 Å². The van der Waals surface area contributed by atoms with Gasteiger partial charge >= 0.3 is 0 Å². The zero-order valence-electron chi connectivity index (χ0n) is 11.3. The van der Waals surface area contributed by atoms with Crippen LogP contribution in [-0.2, 0) is 13.1 Å². The van der Waals surface area contributed by atoms with Crippen LogP contribution >= 0.6 is 11.3 Å². The van der Waals surface area contributed by atoms with E-state index in [2.05, 4.69) is 28.9 Å². The number of thiazole rings is 1. The molecule has 2 aromatic rings.